The summed E-state index contributed by atoms with van der Waals surface area (Å²) >= 11 is 0. The summed E-state index contributed by atoms with van der Waals surface area (Å²) in [5, 5.41) is 2.75. The van der Waals surface area contributed by atoms with Crippen molar-refractivity contribution in [3.05, 3.63) is 18.2 Å². The minimum atomic E-state index is 0.968. The van der Waals surface area contributed by atoms with E-state index in [2.05, 4.69) is 15.3 Å². The maximum absolute atomic E-state index is 3.86. The zero-order chi connectivity index (χ0) is 7.11. The summed E-state index contributed by atoms with van der Waals surface area (Å²) < 4.78 is 0. The van der Waals surface area contributed by atoms with Crippen molar-refractivity contribution in [3.8, 4) is 0 Å². The van der Waals surface area contributed by atoms with Crippen molar-refractivity contribution in [1.82, 2.24) is 15.3 Å². The van der Waals surface area contributed by atoms with E-state index in [0.717, 1.165) is 5.82 Å². The number of hydrogen-bond donors (Lipinski definition) is 2. The van der Waals surface area contributed by atoms with Gasteiger partial charge in [0.2, 0.25) is 0 Å². The molecule has 0 aliphatic rings. The largest absolute Gasteiger partial charge is 0.349 e. The second kappa shape index (κ2) is 5.31. The zero-order valence-electron chi connectivity index (χ0n) is 6.10. The van der Waals surface area contributed by atoms with Gasteiger partial charge in [0.05, 0.1) is 0 Å². The summed E-state index contributed by atoms with van der Waals surface area (Å²) in [7, 11) is 3.75. The minimum Gasteiger partial charge on any atom is -0.349 e. The maximum atomic E-state index is 3.86. The monoisotopic (exact) mass is 127 g/mol. The van der Waals surface area contributed by atoms with Crippen molar-refractivity contribution in [2.24, 2.45) is 0 Å². The first kappa shape index (κ1) is 8.17. The quantitative estimate of drug-likeness (QED) is 0.534. The van der Waals surface area contributed by atoms with Gasteiger partial charge in [-0.3, -0.25) is 0 Å². The summed E-state index contributed by atoms with van der Waals surface area (Å²) in [5.74, 6) is 0.968. The molecule has 52 valence electrons. The van der Waals surface area contributed by atoms with Gasteiger partial charge in [-0.15, -0.1) is 0 Å². The van der Waals surface area contributed by atoms with Crippen LogP contribution in [0.25, 0.3) is 0 Å². The lowest BCUT2D eigenvalue weighted by Gasteiger charge is -1.68. The number of aromatic nitrogens is 2. The smallest absolute Gasteiger partial charge is 0.102 e. The van der Waals surface area contributed by atoms with Crippen LogP contribution in [0.4, 0.5) is 0 Å². The highest BCUT2D eigenvalue weighted by atomic mass is 14.9. The lowest BCUT2D eigenvalue weighted by molar-refractivity contribution is 1.02. The molecule has 1 heterocycles. The molecule has 0 spiro atoms. The van der Waals surface area contributed by atoms with Gasteiger partial charge in [-0.05, 0) is 21.0 Å². The fourth-order valence-corrected chi connectivity index (χ4v) is 0.344. The minimum absolute atomic E-state index is 0.968. The summed E-state index contributed by atoms with van der Waals surface area (Å²) in [6.07, 6.45) is 3.53. The molecule has 9 heavy (non-hydrogen) atoms. The van der Waals surface area contributed by atoms with E-state index in [1.807, 2.05) is 21.0 Å². The third-order valence-corrected chi connectivity index (χ3v) is 0.635. The van der Waals surface area contributed by atoms with E-state index in [0.29, 0.717) is 0 Å². The van der Waals surface area contributed by atoms with Crippen LogP contribution in [0.3, 0.4) is 0 Å². The Morgan fingerprint density at radius 2 is 2.11 bits per heavy atom. The van der Waals surface area contributed by atoms with Gasteiger partial charge in [0.25, 0.3) is 0 Å². The highest BCUT2D eigenvalue weighted by Crippen LogP contribution is 1.78. The average Bonchev–Trinajstić information content (AvgIpc) is 2.20. The molecule has 3 nitrogen and oxygen atoms in total. The van der Waals surface area contributed by atoms with E-state index in [1.165, 1.54) is 0 Å². The van der Waals surface area contributed by atoms with E-state index in [9.17, 15) is 0 Å². The summed E-state index contributed by atoms with van der Waals surface area (Å²) in [4.78, 5) is 6.75. The maximum Gasteiger partial charge on any atom is 0.102 e. The van der Waals surface area contributed by atoms with Crippen LogP contribution >= 0.6 is 0 Å². The normalized spacial score (nSPS) is 7.89. The Bertz CT molecular complexity index is 123. The second-order valence-corrected chi connectivity index (χ2v) is 1.67. The molecule has 0 aromatic carbocycles. The molecule has 0 atom stereocenters. The molecule has 0 radical (unpaired) electrons. The third kappa shape index (κ3) is 5.03. The van der Waals surface area contributed by atoms with Crippen LogP contribution in [0.1, 0.15) is 5.82 Å². The fraction of sp³-hybridized carbons (Fsp3) is 0.500. The molecule has 1 aromatic heterocycles. The topological polar surface area (TPSA) is 40.7 Å². The predicted molar refractivity (Wildman–Crippen MR) is 38.3 cm³/mol. The molecule has 0 aliphatic heterocycles. The van der Waals surface area contributed by atoms with Crippen LogP contribution < -0.4 is 5.32 Å². The van der Waals surface area contributed by atoms with Crippen molar-refractivity contribution >= 4 is 0 Å². The van der Waals surface area contributed by atoms with Gasteiger partial charge in [0.1, 0.15) is 5.82 Å². The Morgan fingerprint density at radius 3 is 2.22 bits per heavy atom. The molecular weight excluding hydrogens is 114 g/mol. The number of hydrogen-bond acceptors (Lipinski definition) is 2. The number of aryl methyl sites for hydroxylation is 1. The van der Waals surface area contributed by atoms with Crippen molar-refractivity contribution in [2.75, 3.05) is 14.1 Å². The Balaban J connectivity index is 0.000000187. The van der Waals surface area contributed by atoms with Crippen molar-refractivity contribution < 1.29 is 0 Å². The molecular formula is C6H13N3. The Hall–Kier alpha value is -0.830. The molecule has 2 N–H and O–H groups in total. The molecule has 1 aromatic rings. The Morgan fingerprint density at radius 1 is 1.56 bits per heavy atom. The molecule has 0 fully saturated rings. The molecule has 0 amide bonds. The highest BCUT2D eigenvalue weighted by molar-refractivity contribution is 4.80. The number of aromatic amines is 1. The first-order valence-electron chi connectivity index (χ1n) is 2.85. The molecule has 0 saturated carbocycles. The van der Waals surface area contributed by atoms with Crippen LogP contribution in [-0.2, 0) is 0 Å². The first-order chi connectivity index (χ1) is 4.31. The summed E-state index contributed by atoms with van der Waals surface area (Å²) in [6, 6.07) is 0. The van der Waals surface area contributed by atoms with E-state index in [1.54, 1.807) is 12.4 Å². The van der Waals surface area contributed by atoms with Crippen LogP contribution in [-0.4, -0.2) is 24.1 Å². The molecule has 0 bridgehead atoms. The van der Waals surface area contributed by atoms with Crippen LogP contribution in [0.15, 0.2) is 12.4 Å². The second-order valence-electron chi connectivity index (χ2n) is 1.67. The Kier molecular flexibility index (Phi) is 4.82. The number of imidazole rings is 1. The van der Waals surface area contributed by atoms with Gasteiger partial charge >= 0.3 is 0 Å². The van der Waals surface area contributed by atoms with Gasteiger partial charge in [0.15, 0.2) is 0 Å². The standard InChI is InChI=1S/C4H6N2.C2H7N/c1-4-5-2-3-6-4;1-3-2/h2-3H,1H3,(H,5,6);3H,1-2H3. The van der Waals surface area contributed by atoms with Gasteiger partial charge < -0.3 is 10.3 Å². The van der Waals surface area contributed by atoms with Gasteiger partial charge in [-0.1, -0.05) is 0 Å². The molecule has 3 heteroatoms. The van der Waals surface area contributed by atoms with Gasteiger partial charge in [-0.25, -0.2) is 4.98 Å². The molecule has 1 rings (SSSR count). The molecule has 0 saturated heterocycles. The number of rotatable bonds is 0. The van der Waals surface area contributed by atoms with E-state index < -0.39 is 0 Å². The van der Waals surface area contributed by atoms with Gasteiger partial charge in [0, 0.05) is 12.4 Å². The van der Waals surface area contributed by atoms with Crippen LogP contribution in [0, 0.1) is 6.92 Å². The van der Waals surface area contributed by atoms with E-state index in [4.69, 9.17) is 0 Å². The highest BCUT2D eigenvalue weighted by Gasteiger charge is 1.73. The Labute approximate surface area is 55.5 Å². The fourth-order valence-electron chi connectivity index (χ4n) is 0.344. The molecule has 0 unspecified atom stereocenters. The average molecular weight is 127 g/mol. The van der Waals surface area contributed by atoms with Crippen LogP contribution in [0.2, 0.25) is 0 Å². The van der Waals surface area contributed by atoms with Crippen molar-refractivity contribution in [3.63, 3.8) is 0 Å². The van der Waals surface area contributed by atoms with E-state index in [-0.39, 0.29) is 0 Å². The SMILES string of the molecule is CNC.Cc1ncc[nH]1. The lowest BCUT2D eigenvalue weighted by Crippen LogP contribution is -1.89. The predicted octanol–water partition coefficient (Wildman–Crippen LogP) is 0.554. The zero-order valence-corrected chi connectivity index (χ0v) is 6.10. The third-order valence-electron chi connectivity index (χ3n) is 0.635. The number of nitrogens with zero attached hydrogens (tertiary/aromatic N) is 1. The van der Waals surface area contributed by atoms with Gasteiger partial charge in [-0.2, -0.15) is 0 Å². The number of H-pyrrole nitrogens is 1. The summed E-state index contributed by atoms with van der Waals surface area (Å²) in [6.45, 7) is 1.92. The van der Waals surface area contributed by atoms with E-state index >= 15 is 0 Å². The lowest BCUT2D eigenvalue weighted by atomic mass is 10.8. The van der Waals surface area contributed by atoms with Crippen molar-refractivity contribution in [1.29, 1.82) is 0 Å². The molecule has 0 aliphatic carbocycles. The first-order valence-corrected chi connectivity index (χ1v) is 2.85. The summed E-state index contributed by atoms with van der Waals surface area (Å²) in [5.41, 5.74) is 0. The van der Waals surface area contributed by atoms with Crippen LogP contribution in [0.5, 0.6) is 0 Å². The number of nitrogens with one attached hydrogen (secondary N) is 2. The van der Waals surface area contributed by atoms with Crippen molar-refractivity contribution in [2.45, 2.75) is 6.92 Å².